The first-order chi connectivity index (χ1) is 6.81. The fraction of sp³-hybridized carbons (Fsp3) is 0. The third kappa shape index (κ3) is 1.54. The summed E-state index contributed by atoms with van der Waals surface area (Å²) in [4.78, 5) is 10.6. The predicted octanol–water partition coefficient (Wildman–Crippen LogP) is 2.34. The Bertz CT molecular complexity index is 447. The summed E-state index contributed by atoms with van der Waals surface area (Å²) in [5, 5.41) is 4.69. The van der Waals surface area contributed by atoms with Crippen molar-refractivity contribution >= 4 is 17.9 Å². The van der Waals surface area contributed by atoms with Gasteiger partial charge in [-0.15, -0.1) is 0 Å². The van der Waals surface area contributed by atoms with E-state index in [1.54, 1.807) is 29.1 Å². The normalized spacial score (nSPS) is 10.1. The molecule has 0 radical (unpaired) electrons. The topological polar surface area (TPSA) is 34.9 Å². The maximum absolute atomic E-state index is 10.6. The number of carbonyl (C=O) groups excluding carboxylic acids is 1. The van der Waals surface area contributed by atoms with E-state index in [0.29, 0.717) is 10.7 Å². The molecular formula is C10H7ClN2O. The summed E-state index contributed by atoms with van der Waals surface area (Å²) < 4.78 is 1.56. The molecule has 0 amide bonds. The summed E-state index contributed by atoms with van der Waals surface area (Å²) in [6.45, 7) is 0. The number of benzene rings is 1. The van der Waals surface area contributed by atoms with Crippen LogP contribution in [0.5, 0.6) is 0 Å². The summed E-state index contributed by atoms with van der Waals surface area (Å²) in [5.41, 5.74) is 1.34. The molecule has 14 heavy (non-hydrogen) atoms. The number of halogens is 1. The lowest BCUT2D eigenvalue weighted by molar-refractivity contribution is 0.111. The van der Waals surface area contributed by atoms with Crippen molar-refractivity contribution in [1.29, 1.82) is 0 Å². The molecule has 0 unspecified atom stereocenters. The number of hydrogen-bond acceptors (Lipinski definition) is 2. The van der Waals surface area contributed by atoms with Crippen LogP contribution in [-0.2, 0) is 0 Å². The summed E-state index contributed by atoms with van der Waals surface area (Å²) in [6, 6.07) is 8.78. The molecule has 1 heterocycles. The number of carbonyl (C=O) groups is 1. The largest absolute Gasteiger partial charge is 0.296 e. The molecule has 0 aliphatic rings. The van der Waals surface area contributed by atoms with Gasteiger partial charge < -0.3 is 0 Å². The highest BCUT2D eigenvalue weighted by Gasteiger charge is 2.02. The van der Waals surface area contributed by atoms with E-state index in [-0.39, 0.29) is 0 Å². The van der Waals surface area contributed by atoms with Gasteiger partial charge in [-0.2, -0.15) is 5.10 Å². The van der Waals surface area contributed by atoms with Gasteiger partial charge >= 0.3 is 0 Å². The molecule has 0 aliphatic heterocycles. The van der Waals surface area contributed by atoms with E-state index >= 15 is 0 Å². The summed E-state index contributed by atoms with van der Waals surface area (Å²) >= 11 is 5.75. The summed E-state index contributed by atoms with van der Waals surface area (Å²) in [5.74, 6) is 0. The van der Waals surface area contributed by atoms with E-state index in [1.807, 2.05) is 12.1 Å². The average Bonchev–Trinajstić information content (AvgIpc) is 2.67. The number of aromatic nitrogens is 2. The molecule has 0 aliphatic carbocycles. The second kappa shape index (κ2) is 3.64. The average molecular weight is 207 g/mol. The van der Waals surface area contributed by atoms with Gasteiger partial charge in [0.25, 0.3) is 0 Å². The number of hydrogen-bond donors (Lipinski definition) is 0. The zero-order valence-corrected chi connectivity index (χ0v) is 7.98. The fourth-order valence-electron chi connectivity index (χ4n) is 1.20. The summed E-state index contributed by atoms with van der Waals surface area (Å²) in [6.07, 6.45) is 2.35. The lowest BCUT2D eigenvalue weighted by atomic mass is 10.3. The van der Waals surface area contributed by atoms with Crippen molar-refractivity contribution in [2.75, 3.05) is 0 Å². The van der Waals surface area contributed by atoms with Gasteiger partial charge in [0.2, 0.25) is 0 Å². The fourth-order valence-corrected chi connectivity index (χ4v) is 1.33. The molecule has 0 fully saturated rings. The van der Waals surface area contributed by atoms with E-state index in [9.17, 15) is 4.79 Å². The predicted molar refractivity (Wildman–Crippen MR) is 54.0 cm³/mol. The Morgan fingerprint density at radius 3 is 2.57 bits per heavy atom. The molecule has 0 N–H and O–H groups in total. The molecule has 3 nitrogen and oxygen atoms in total. The van der Waals surface area contributed by atoms with Crippen molar-refractivity contribution in [3.63, 3.8) is 0 Å². The highest BCUT2D eigenvalue weighted by atomic mass is 35.5. The van der Waals surface area contributed by atoms with Crippen LogP contribution in [0.15, 0.2) is 36.5 Å². The molecule has 70 valence electrons. The Morgan fingerprint density at radius 2 is 1.93 bits per heavy atom. The van der Waals surface area contributed by atoms with Gasteiger partial charge in [0, 0.05) is 5.02 Å². The standard InChI is InChI=1S/C10H7ClN2O/c11-8-1-3-9(4-2-8)13-10(7-14)5-6-12-13/h1-7H. The molecule has 1 aromatic carbocycles. The smallest absolute Gasteiger partial charge is 0.168 e. The Balaban J connectivity index is 2.49. The molecule has 0 bridgehead atoms. The second-order valence-electron chi connectivity index (χ2n) is 2.76. The van der Waals surface area contributed by atoms with Gasteiger partial charge in [-0.1, -0.05) is 11.6 Å². The Hall–Kier alpha value is -1.61. The number of aldehydes is 1. The van der Waals surface area contributed by atoms with E-state index in [0.717, 1.165) is 12.0 Å². The Labute approximate surface area is 85.9 Å². The summed E-state index contributed by atoms with van der Waals surface area (Å²) in [7, 11) is 0. The third-order valence-corrected chi connectivity index (χ3v) is 2.12. The molecular weight excluding hydrogens is 200 g/mol. The zero-order chi connectivity index (χ0) is 9.97. The molecule has 1 aromatic heterocycles. The maximum atomic E-state index is 10.6. The molecule has 0 saturated heterocycles. The Morgan fingerprint density at radius 1 is 1.21 bits per heavy atom. The minimum absolute atomic E-state index is 0.521. The van der Waals surface area contributed by atoms with Crippen molar-refractivity contribution < 1.29 is 4.79 Å². The van der Waals surface area contributed by atoms with Gasteiger partial charge in [0.05, 0.1) is 11.9 Å². The minimum atomic E-state index is 0.521. The van der Waals surface area contributed by atoms with Crippen LogP contribution in [0, 0.1) is 0 Å². The van der Waals surface area contributed by atoms with Crippen LogP contribution in [0.25, 0.3) is 5.69 Å². The van der Waals surface area contributed by atoms with Crippen LogP contribution in [0.4, 0.5) is 0 Å². The van der Waals surface area contributed by atoms with E-state index in [4.69, 9.17) is 11.6 Å². The SMILES string of the molecule is O=Cc1ccnn1-c1ccc(Cl)cc1. The molecule has 0 spiro atoms. The van der Waals surface area contributed by atoms with Crippen LogP contribution in [0.3, 0.4) is 0 Å². The minimum Gasteiger partial charge on any atom is -0.296 e. The first-order valence-corrected chi connectivity index (χ1v) is 4.44. The van der Waals surface area contributed by atoms with Crippen molar-refractivity contribution in [2.45, 2.75) is 0 Å². The van der Waals surface area contributed by atoms with E-state index in [2.05, 4.69) is 5.10 Å². The number of rotatable bonds is 2. The quantitative estimate of drug-likeness (QED) is 0.707. The zero-order valence-electron chi connectivity index (χ0n) is 7.22. The van der Waals surface area contributed by atoms with Crippen molar-refractivity contribution in [2.24, 2.45) is 0 Å². The monoisotopic (exact) mass is 206 g/mol. The third-order valence-electron chi connectivity index (χ3n) is 1.86. The highest BCUT2D eigenvalue weighted by Crippen LogP contribution is 2.13. The van der Waals surface area contributed by atoms with Crippen molar-refractivity contribution in [1.82, 2.24) is 9.78 Å². The molecule has 2 aromatic rings. The first-order valence-electron chi connectivity index (χ1n) is 4.06. The van der Waals surface area contributed by atoms with Crippen molar-refractivity contribution in [3.8, 4) is 5.69 Å². The van der Waals surface area contributed by atoms with Gasteiger partial charge in [-0.25, -0.2) is 4.68 Å². The van der Waals surface area contributed by atoms with Crippen molar-refractivity contribution in [3.05, 3.63) is 47.2 Å². The molecule has 0 atom stereocenters. The van der Waals surface area contributed by atoms with Gasteiger partial charge in [0.15, 0.2) is 6.29 Å². The molecule has 2 rings (SSSR count). The van der Waals surface area contributed by atoms with Crippen LogP contribution in [0.2, 0.25) is 5.02 Å². The highest BCUT2D eigenvalue weighted by molar-refractivity contribution is 6.30. The van der Waals surface area contributed by atoms with E-state index < -0.39 is 0 Å². The van der Waals surface area contributed by atoms with Crippen LogP contribution < -0.4 is 0 Å². The van der Waals surface area contributed by atoms with Crippen LogP contribution in [-0.4, -0.2) is 16.1 Å². The van der Waals surface area contributed by atoms with Gasteiger partial charge in [-0.3, -0.25) is 4.79 Å². The lowest BCUT2D eigenvalue weighted by Crippen LogP contribution is -2.00. The van der Waals surface area contributed by atoms with Gasteiger partial charge in [0.1, 0.15) is 5.69 Å². The lowest BCUT2D eigenvalue weighted by Gasteiger charge is -2.02. The maximum Gasteiger partial charge on any atom is 0.168 e. The first kappa shape index (κ1) is 8.97. The second-order valence-corrected chi connectivity index (χ2v) is 3.20. The van der Waals surface area contributed by atoms with Gasteiger partial charge in [-0.05, 0) is 30.3 Å². The Kier molecular flexibility index (Phi) is 2.33. The van der Waals surface area contributed by atoms with E-state index in [1.165, 1.54) is 0 Å². The number of nitrogens with zero attached hydrogens (tertiary/aromatic N) is 2. The molecule has 0 saturated carbocycles. The van der Waals surface area contributed by atoms with Crippen LogP contribution >= 0.6 is 11.6 Å². The van der Waals surface area contributed by atoms with Crippen LogP contribution in [0.1, 0.15) is 10.5 Å². The molecule has 4 heteroatoms.